The summed E-state index contributed by atoms with van der Waals surface area (Å²) in [6, 6.07) is 0. The minimum Gasteiger partial charge on any atom is -0.365 e. The van der Waals surface area contributed by atoms with Crippen molar-refractivity contribution in [2.45, 2.75) is 24.3 Å². The van der Waals surface area contributed by atoms with E-state index in [9.17, 15) is 0 Å². The second-order valence-corrected chi connectivity index (χ2v) is 5.01. The fourth-order valence-corrected chi connectivity index (χ4v) is 2.24. The van der Waals surface area contributed by atoms with E-state index in [1.165, 1.54) is 12.8 Å². The van der Waals surface area contributed by atoms with E-state index in [4.69, 9.17) is 10.9 Å². The van der Waals surface area contributed by atoms with Crippen LogP contribution in [-0.4, -0.2) is 33.1 Å². The highest BCUT2D eigenvalue weighted by Crippen LogP contribution is 2.33. The third kappa shape index (κ3) is 3.08. The molecule has 1 aromatic heterocycles. The summed E-state index contributed by atoms with van der Waals surface area (Å²) in [5.41, 5.74) is 7.80. The lowest BCUT2D eigenvalue weighted by Crippen LogP contribution is -2.27. The van der Waals surface area contributed by atoms with Crippen molar-refractivity contribution in [2.24, 2.45) is 5.73 Å². The fourth-order valence-electron chi connectivity index (χ4n) is 1.21. The van der Waals surface area contributed by atoms with Crippen molar-refractivity contribution in [3.05, 3.63) is 5.69 Å². The first-order valence-corrected chi connectivity index (χ1v) is 6.19. The van der Waals surface area contributed by atoms with Gasteiger partial charge in [0.1, 0.15) is 6.17 Å². The van der Waals surface area contributed by atoms with E-state index in [1.54, 1.807) is 0 Å². The molecule has 0 aliphatic heterocycles. The third-order valence-electron chi connectivity index (χ3n) is 2.22. The number of thioether (sulfide) groups is 1. The highest BCUT2D eigenvalue weighted by atomic mass is 32.2. The van der Waals surface area contributed by atoms with Crippen molar-refractivity contribution in [3.8, 4) is 0 Å². The monoisotopic (exact) mass is 245 g/mol. The second-order valence-electron chi connectivity index (χ2n) is 3.60. The molecule has 8 heteroatoms. The Balaban J connectivity index is 1.76. The van der Waals surface area contributed by atoms with Gasteiger partial charge in [-0.2, -0.15) is 17.2 Å². The Morgan fingerprint density at radius 2 is 2.38 bits per heavy atom. The zero-order valence-corrected chi connectivity index (χ0v) is 9.54. The summed E-state index contributed by atoms with van der Waals surface area (Å²) < 4.78 is 4.56. The van der Waals surface area contributed by atoms with Gasteiger partial charge in [-0.3, -0.25) is 0 Å². The molecule has 1 heterocycles. The predicted octanol–water partition coefficient (Wildman–Crippen LogP) is 0.313. The van der Waals surface area contributed by atoms with E-state index in [-0.39, 0.29) is 0 Å². The van der Waals surface area contributed by atoms with Gasteiger partial charge in [-0.1, -0.05) is 0 Å². The molecule has 0 aromatic carbocycles. The molecule has 0 bridgehead atoms. The highest BCUT2D eigenvalue weighted by Gasteiger charge is 2.21. The minimum absolute atomic E-state index is 0.374. The summed E-state index contributed by atoms with van der Waals surface area (Å²) in [5, 5.41) is 19.9. The maximum absolute atomic E-state index is 8.67. The normalized spacial score (nSPS) is 17.4. The summed E-state index contributed by atoms with van der Waals surface area (Å²) in [6.45, 7) is 0.778. The maximum atomic E-state index is 8.67. The van der Waals surface area contributed by atoms with Gasteiger partial charge >= 0.3 is 0 Å². The number of hydroxylamine groups is 1. The lowest BCUT2D eigenvalue weighted by atomic mass is 10.3. The number of aromatic nitrogens is 2. The van der Waals surface area contributed by atoms with Crippen molar-refractivity contribution < 1.29 is 9.84 Å². The first kappa shape index (κ1) is 11.6. The van der Waals surface area contributed by atoms with Crippen molar-refractivity contribution in [1.29, 1.82) is 0 Å². The molecule has 1 aromatic rings. The van der Waals surface area contributed by atoms with E-state index in [0.717, 1.165) is 17.5 Å². The molecular formula is C8H15N5O2S. The Hall–Kier alpha value is -0.830. The summed E-state index contributed by atoms with van der Waals surface area (Å²) in [4.78, 5) is 0. The third-order valence-corrected chi connectivity index (χ3v) is 3.60. The Morgan fingerprint density at radius 1 is 1.56 bits per heavy atom. The van der Waals surface area contributed by atoms with Gasteiger partial charge < -0.3 is 16.3 Å². The second kappa shape index (κ2) is 5.48. The summed E-state index contributed by atoms with van der Waals surface area (Å²) in [7, 11) is 0. The van der Waals surface area contributed by atoms with Crippen LogP contribution in [0.2, 0.25) is 0 Å². The van der Waals surface area contributed by atoms with E-state index >= 15 is 0 Å². The highest BCUT2D eigenvalue weighted by molar-refractivity contribution is 8.00. The molecule has 0 spiro atoms. The van der Waals surface area contributed by atoms with Gasteiger partial charge in [0.2, 0.25) is 0 Å². The lowest BCUT2D eigenvalue weighted by molar-refractivity contribution is 0.125. The van der Waals surface area contributed by atoms with E-state index in [1.807, 2.05) is 17.2 Å². The molecule has 0 radical (unpaired) electrons. The van der Waals surface area contributed by atoms with Gasteiger partial charge in [-0.15, -0.1) is 0 Å². The Labute approximate surface area is 97.1 Å². The zero-order valence-electron chi connectivity index (χ0n) is 8.72. The summed E-state index contributed by atoms with van der Waals surface area (Å²) in [6.07, 6.45) is 1.88. The van der Waals surface area contributed by atoms with Crippen molar-refractivity contribution in [1.82, 2.24) is 15.8 Å². The average molecular weight is 245 g/mol. The van der Waals surface area contributed by atoms with Gasteiger partial charge in [0, 0.05) is 17.5 Å². The number of hydrogen-bond donors (Lipinski definition) is 4. The number of nitrogens with two attached hydrogens (primary N) is 1. The van der Waals surface area contributed by atoms with E-state index in [2.05, 4.69) is 20.3 Å². The molecule has 2 rings (SSSR count). The van der Waals surface area contributed by atoms with Crippen LogP contribution in [0.1, 0.15) is 24.7 Å². The number of anilines is 1. The smallest absolute Gasteiger partial charge is 0.197 e. The van der Waals surface area contributed by atoms with E-state index < -0.39 is 6.17 Å². The SMILES string of the molecule is NC(NO)c1nonc1NCCSC1CC1. The first-order chi connectivity index (χ1) is 7.81. The number of hydrogen-bond acceptors (Lipinski definition) is 8. The van der Waals surface area contributed by atoms with Crippen molar-refractivity contribution in [3.63, 3.8) is 0 Å². The van der Waals surface area contributed by atoms with Crippen LogP contribution in [0.15, 0.2) is 4.63 Å². The van der Waals surface area contributed by atoms with Gasteiger partial charge in [-0.05, 0) is 23.2 Å². The standard InChI is InChI=1S/C8H15N5O2S/c9-7(11-14)6-8(13-15-12-6)10-3-4-16-5-1-2-5/h5,7,11,14H,1-4,9H2,(H,10,13). The van der Waals surface area contributed by atoms with Crippen molar-refractivity contribution >= 4 is 17.6 Å². The molecule has 0 amide bonds. The summed E-state index contributed by atoms with van der Waals surface area (Å²) in [5.74, 6) is 1.49. The Bertz CT molecular complexity index is 330. The molecule has 0 saturated heterocycles. The Kier molecular flexibility index (Phi) is 3.99. The maximum Gasteiger partial charge on any atom is 0.197 e. The van der Waals surface area contributed by atoms with Gasteiger partial charge in [0.05, 0.1) is 0 Å². The first-order valence-electron chi connectivity index (χ1n) is 5.14. The molecule has 16 heavy (non-hydrogen) atoms. The van der Waals surface area contributed by atoms with Crippen molar-refractivity contribution in [2.75, 3.05) is 17.6 Å². The largest absolute Gasteiger partial charge is 0.365 e. The molecule has 5 N–H and O–H groups in total. The molecule has 90 valence electrons. The van der Waals surface area contributed by atoms with Crippen LogP contribution in [0.25, 0.3) is 0 Å². The van der Waals surface area contributed by atoms with Crippen LogP contribution in [0.4, 0.5) is 5.82 Å². The molecule has 7 nitrogen and oxygen atoms in total. The summed E-state index contributed by atoms with van der Waals surface area (Å²) >= 11 is 1.95. The van der Waals surface area contributed by atoms with Crippen LogP contribution >= 0.6 is 11.8 Å². The molecular weight excluding hydrogens is 230 g/mol. The molecule has 1 aliphatic rings. The number of rotatable bonds is 7. The average Bonchev–Trinajstić information content (AvgIpc) is 3.01. The van der Waals surface area contributed by atoms with Crippen LogP contribution in [0, 0.1) is 0 Å². The Morgan fingerprint density at radius 3 is 3.06 bits per heavy atom. The fraction of sp³-hybridized carbons (Fsp3) is 0.750. The predicted molar refractivity (Wildman–Crippen MR) is 60.1 cm³/mol. The minimum atomic E-state index is -0.787. The van der Waals surface area contributed by atoms with Gasteiger partial charge in [-0.25, -0.2) is 4.63 Å². The number of nitrogens with zero attached hydrogens (tertiary/aromatic N) is 2. The van der Waals surface area contributed by atoms with Crippen LogP contribution in [-0.2, 0) is 0 Å². The molecule has 1 atom stereocenters. The topological polar surface area (TPSA) is 109 Å². The molecule has 1 aliphatic carbocycles. The lowest BCUT2D eigenvalue weighted by Gasteiger charge is -2.07. The van der Waals surface area contributed by atoms with E-state index in [0.29, 0.717) is 11.5 Å². The number of nitrogens with one attached hydrogen (secondary N) is 2. The van der Waals surface area contributed by atoms with Crippen LogP contribution in [0.3, 0.4) is 0 Å². The molecule has 1 saturated carbocycles. The zero-order chi connectivity index (χ0) is 11.4. The molecule has 1 fully saturated rings. The quantitative estimate of drug-likeness (QED) is 0.309. The molecule has 1 unspecified atom stereocenters. The van der Waals surface area contributed by atoms with Crippen LogP contribution in [0.5, 0.6) is 0 Å². The van der Waals surface area contributed by atoms with Crippen LogP contribution < -0.4 is 16.5 Å². The van der Waals surface area contributed by atoms with Gasteiger partial charge in [0.15, 0.2) is 11.5 Å². The van der Waals surface area contributed by atoms with Gasteiger partial charge in [0.25, 0.3) is 0 Å².